The average molecular weight is 426 g/mol. The van der Waals surface area contributed by atoms with Crippen LogP contribution in [0.15, 0.2) is 30.6 Å². The molecule has 6 nitrogen and oxygen atoms in total. The van der Waals surface area contributed by atoms with E-state index in [1.165, 1.54) is 35.5 Å². The molecule has 0 N–H and O–H groups in total. The summed E-state index contributed by atoms with van der Waals surface area (Å²) in [5.41, 5.74) is 0.140. The van der Waals surface area contributed by atoms with Gasteiger partial charge in [0.2, 0.25) is 11.8 Å². The van der Waals surface area contributed by atoms with E-state index in [1.807, 2.05) is 6.07 Å². The largest absolute Gasteiger partial charge is 0.476 e. The Morgan fingerprint density at radius 1 is 1.23 bits per heavy atom. The van der Waals surface area contributed by atoms with Crippen molar-refractivity contribution in [2.75, 3.05) is 13.7 Å². The van der Waals surface area contributed by atoms with Crippen molar-refractivity contribution in [1.82, 2.24) is 14.9 Å². The number of amides is 1. The Bertz CT molecular complexity index is 981. The number of ether oxygens (including phenoxy) is 1. The molecule has 1 aromatic carbocycles. The number of aromatic nitrogens is 2. The van der Waals surface area contributed by atoms with Gasteiger partial charge < -0.3 is 9.64 Å². The molecule has 0 unspecified atom stereocenters. The molecule has 3 aliphatic carbocycles. The minimum Gasteiger partial charge on any atom is -0.476 e. The molecular formula is C23H24F2N4O2. The number of carbonyl (C=O) groups excluding carboxylic acids is 1. The first kappa shape index (κ1) is 21.2. The normalized spacial score (nSPS) is 25.1. The van der Waals surface area contributed by atoms with E-state index in [9.17, 15) is 13.6 Å². The average Bonchev–Trinajstić information content (AvgIpc) is 2.75. The molecule has 0 aliphatic heterocycles. The van der Waals surface area contributed by atoms with Gasteiger partial charge in [-0.3, -0.25) is 4.79 Å². The number of fused-ring (bicyclic) bond motifs is 2. The predicted octanol–water partition coefficient (Wildman–Crippen LogP) is 3.89. The molecule has 3 aliphatic rings. The maximum absolute atomic E-state index is 14.2. The standard InChI is InChI=1S/C23H24F2N4O2/c1-13(22-19(24)4-3-5-20(22)25)29(2)23(30)18-8-16(14-6-15(18)7-14)12-31-21-11-27-17(9-26)10-28-21/h3-5,10-11,13-16,18H,6-8,12H2,1-2H3/t13-,14?,15?,16-,18-/m0/s1. The predicted molar refractivity (Wildman–Crippen MR) is 108 cm³/mol. The molecule has 1 aromatic heterocycles. The van der Waals surface area contributed by atoms with Crippen molar-refractivity contribution in [1.29, 1.82) is 5.26 Å². The monoisotopic (exact) mass is 426 g/mol. The highest BCUT2D eigenvalue weighted by atomic mass is 19.1. The van der Waals surface area contributed by atoms with E-state index in [2.05, 4.69) is 9.97 Å². The Hall–Kier alpha value is -3.08. The minimum atomic E-state index is -0.699. The van der Waals surface area contributed by atoms with Crippen LogP contribution in [0.5, 0.6) is 5.88 Å². The number of benzene rings is 1. The molecule has 3 fully saturated rings. The van der Waals surface area contributed by atoms with E-state index in [-0.39, 0.29) is 29.0 Å². The summed E-state index contributed by atoms with van der Waals surface area (Å²) in [6.07, 6.45) is 5.38. The van der Waals surface area contributed by atoms with Crippen LogP contribution < -0.4 is 4.74 Å². The first-order valence-corrected chi connectivity index (χ1v) is 10.4. The van der Waals surface area contributed by atoms with Gasteiger partial charge in [0.05, 0.1) is 25.0 Å². The molecule has 3 saturated carbocycles. The molecule has 1 heterocycles. The molecule has 0 saturated heterocycles. The lowest BCUT2D eigenvalue weighted by Crippen LogP contribution is -2.50. The number of nitriles is 1. The van der Waals surface area contributed by atoms with Gasteiger partial charge in [0.1, 0.15) is 17.7 Å². The summed E-state index contributed by atoms with van der Waals surface area (Å²) in [5, 5.41) is 8.80. The Morgan fingerprint density at radius 2 is 1.94 bits per heavy atom. The zero-order chi connectivity index (χ0) is 22.1. The zero-order valence-corrected chi connectivity index (χ0v) is 17.5. The van der Waals surface area contributed by atoms with E-state index in [1.54, 1.807) is 14.0 Å². The molecule has 5 rings (SSSR count). The van der Waals surface area contributed by atoms with Crippen LogP contribution in [0.2, 0.25) is 0 Å². The number of halogens is 2. The van der Waals surface area contributed by atoms with Crippen LogP contribution in [0, 0.1) is 46.6 Å². The lowest BCUT2D eigenvalue weighted by molar-refractivity contribution is -0.147. The highest BCUT2D eigenvalue weighted by molar-refractivity contribution is 5.79. The minimum absolute atomic E-state index is 0.0820. The summed E-state index contributed by atoms with van der Waals surface area (Å²) in [4.78, 5) is 22.7. The van der Waals surface area contributed by atoms with E-state index < -0.39 is 17.7 Å². The maximum Gasteiger partial charge on any atom is 0.232 e. The van der Waals surface area contributed by atoms with Crippen LogP contribution >= 0.6 is 0 Å². The van der Waals surface area contributed by atoms with Crippen LogP contribution in [0.4, 0.5) is 8.78 Å². The first-order chi connectivity index (χ1) is 14.9. The van der Waals surface area contributed by atoms with Crippen molar-refractivity contribution in [2.45, 2.75) is 32.2 Å². The van der Waals surface area contributed by atoms with E-state index in [4.69, 9.17) is 10.00 Å². The molecule has 2 bridgehead atoms. The first-order valence-electron chi connectivity index (χ1n) is 10.4. The van der Waals surface area contributed by atoms with Crippen molar-refractivity contribution >= 4 is 5.91 Å². The van der Waals surface area contributed by atoms with E-state index >= 15 is 0 Å². The molecule has 162 valence electrons. The molecule has 0 radical (unpaired) electrons. The molecular weight excluding hydrogens is 402 g/mol. The SMILES string of the molecule is C[C@@H](c1c(F)cccc1F)N(C)C(=O)[C@H]1C[C@@H](COc2cnc(C#N)cn2)C2CC1C2. The maximum atomic E-state index is 14.2. The van der Waals surface area contributed by atoms with Gasteiger partial charge in [-0.05, 0) is 56.1 Å². The van der Waals surface area contributed by atoms with Crippen LogP contribution in [0.3, 0.4) is 0 Å². The molecule has 2 aromatic rings. The summed E-state index contributed by atoms with van der Waals surface area (Å²) in [7, 11) is 1.61. The summed E-state index contributed by atoms with van der Waals surface area (Å²) in [5.74, 6) is -0.192. The Balaban J connectivity index is 1.41. The van der Waals surface area contributed by atoms with E-state index in [0.29, 0.717) is 30.7 Å². The van der Waals surface area contributed by atoms with Gasteiger partial charge in [-0.15, -0.1) is 0 Å². The Labute approximate surface area is 179 Å². The van der Waals surface area contributed by atoms with Crippen molar-refractivity contribution in [3.8, 4) is 11.9 Å². The van der Waals surface area contributed by atoms with Crippen LogP contribution in [0.25, 0.3) is 0 Å². The lowest BCUT2D eigenvalue weighted by Gasteiger charge is -2.51. The van der Waals surface area contributed by atoms with Gasteiger partial charge in [0, 0.05) is 18.5 Å². The fourth-order valence-electron chi connectivity index (χ4n) is 4.84. The van der Waals surface area contributed by atoms with Crippen LogP contribution in [-0.4, -0.2) is 34.4 Å². The van der Waals surface area contributed by atoms with Gasteiger partial charge in [-0.25, -0.2) is 18.7 Å². The number of hydrogen-bond donors (Lipinski definition) is 0. The molecule has 8 heteroatoms. The lowest BCUT2D eigenvalue weighted by atomic mass is 9.55. The van der Waals surface area contributed by atoms with Gasteiger partial charge in [-0.1, -0.05) is 6.07 Å². The third kappa shape index (κ3) is 4.09. The van der Waals surface area contributed by atoms with Crippen molar-refractivity contribution < 1.29 is 18.3 Å². The number of hydrogen-bond acceptors (Lipinski definition) is 5. The fourth-order valence-corrected chi connectivity index (χ4v) is 4.84. The summed E-state index contributed by atoms with van der Waals surface area (Å²) in [6, 6.07) is 4.96. The number of rotatable bonds is 6. The Morgan fingerprint density at radius 3 is 2.55 bits per heavy atom. The third-order valence-corrected chi connectivity index (χ3v) is 6.85. The van der Waals surface area contributed by atoms with Gasteiger partial charge in [0.15, 0.2) is 5.69 Å². The van der Waals surface area contributed by atoms with Crippen molar-refractivity contribution in [2.24, 2.45) is 23.7 Å². The third-order valence-electron chi connectivity index (χ3n) is 6.85. The van der Waals surface area contributed by atoms with Gasteiger partial charge in [0.25, 0.3) is 0 Å². The molecule has 0 spiro atoms. The smallest absolute Gasteiger partial charge is 0.232 e. The summed E-state index contributed by atoms with van der Waals surface area (Å²) in [6.45, 7) is 2.07. The second-order valence-electron chi connectivity index (χ2n) is 8.52. The van der Waals surface area contributed by atoms with Crippen LogP contribution in [0.1, 0.15) is 43.5 Å². The second kappa shape index (κ2) is 8.58. The number of nitrogens with zero attached hydrogens (tertiary/aromatic N) is 4. The van der Waals surface area contributed by atoms with Gasteiger partial charge >= 0.3 is 0 Å². The highest BCUT2D eigenvalue weighted by Crippen LogP contribution is 2.53. The van der Waals surface area contributed by atoms with Crippen molar-refractivity contribution in [3.63, 3.8) is 0 Å². The summed E-state index contributed by atoms with van der Waals surface area (Å²) < 4.78 is 34.2. The van der Waals surface area contributed by atoms with Crippen LogP contribution in [-0.2, 0) is 4.79 Å². The molecule has 31 heavy (non-hydrogen) atoms. The molecule has 3 atom stereocenters. The second-order valence-corrected chi connectivity index (χ2v) is 8.52. The quantitative estimate of drug-likeness (QED) is 0.700. The summed E-state index contributed by atoms with van der Waals surface area (Å²) >= 11 is 0. The number of carbonyl (C=O) groups is 1. The highest BCUT2D eigenvalue weighted by Gasteiger charge is 2.49. The Kier molecular flexibility index (Phi) is 5.86. The van der Waals surface area contributed by atoms with Gasteiger partial charge in [-0.2, -0.15) is 5.26 Å². The topological polar surface area (TPSA) is 79.1 Å². The fraction of sp³-hybridized carbons (Fsp3) is 0.478. The van der Waals surface area contributed by atoms with E-state index in [0.717, 1.165) is 12.8 Å². The van der Waals surface area contributed by atoms with Crippen molar-refractivity contribution in [3.05, 3.63) is 53.5 Å². The zero-order valence-electron chi connectivity index (χ0n) is 17.5. The molecule has 1 amide bonds.